The third kappa shape index (κ3) is 6.02. The molecular formula is C28H35FN2O6. The van der Waals surface area contributed by atoms with E-state index < -0.39 is 23.0 Å². The number of hydrogen-bond acceptors (Lipinski definition) is 5. The number of hydrogen-bond donors (Lipinski definition) is 2. The Kier molecular flexibility index (Phi) is 7.99. The maximum absolute atomic E-state index is 12.7. The van der Waals surface area contributed by atoms with Crippen molar-refractivity contribution in [3.05, 3.63) is 62.2 Å². The number of carboxylic acid groups (broad SMARTS) is 1. The Morgan fingerprint density at radius 1 is 1.22 bits per heavy atom. The fraction of sp³-hybridized carbons (Fsp3) is 0.571. The lowest BCUT2D eigenvalue weighted by Crippen LogP contribution is -2.39. The Labute approximate surface area is 214 Å². The van der Waals surface area contributed by atoms with Crippen molar-refractivity contribution in [2.24, 2.45) is 17.3 Å². The monoisotopic (exact) mass is 514 g/mol. The summed E-state index contributed by atoms with van der Waals surface area (Å²) < 4.78 is 18.9. The highest BCUT2D eigenvalue weighted by atomic mass is 19.1. The molecule has 0 aliphatic heterocycles. The molecule has 2 N–H and O–H groups in total. The number of ether oxygens (including phenoxy) is 1. The molecule has 2 aromatic rings. The number of aromatic nitrogens is 2. The number of carboxylic acids is 1. The van der Waals surface area contributed by atoms with Crippen molar-refractivity contribution in [3.63, 3.8) is 0 Å². The van der Waals surface area contributed by atoms with Crippen LogP contribution in [0, 0.1) is 23.1 Å². The molecule has 0 unspecified atom stereocenters. The Bertz CT molecular complexity index is 1280. The van der Waals surface area contributed by atoms with Crippen molar-refractivity contribution >= 4 is 11.9 Å². The van der Waals surface area contributed by atoms with E-state index in [1.807, 2.05) is 6.07 Å². The zero-order valence-electron chi connectivity index (χ0n) is 21.4. The van der Waals surface area contributed by atoms with E-state index in [-0.39, 0.29) is 25.4 Å². The normalized spacial score (nSPS) is 25.6. The van der Waals surface area contributed by atoms with Gasteiger partial charge in [-0.25, -0.2) is 4.79 Å². The average Bonchev–Trinajstić information content (AvgIpc) is 3.24. The molecule has 1 aromatic heterocycles. The maximum atomic E-state index is 12.7. The van der Waals surface area contributed by atoms with Crippen LogP contribution in [0.1, 0.15) is 82.3 Å². The highest BCUT2D eigenvalue weighted by Crippen LogP contribution is 2.60. The lowest BCUT2D eigenvalue weighted by atomic mass is 9.56. The summed E-state index contributed by atoms with van der Waals surface area (Å²) in [5.74, 6) is 0.990. The minimum absolute atomic E-state index is 0.0544. The number of aryl methyl sites for hydroxylation is 2. The summed E-state index contributed by atoms with van der Waals surface area (Å²) >= 11 is 0. The predicted octanol–water partition coefficient (Wildman–Crippen LogP) is 4.40. The van der Waals surface area contributed by atoms with Gasteiger partial charge < -0.3 is 9.84 Å². The summed E-state index contributed by atoms with van der Waals surface area (Å²) in [4.78, 5) is 44.8. The van der Waals surface area contributed by atoms with Gasteiger partial charge in [-0.3, -0.25) is 23.9 Å². The number of fused-ring (bicyclic) bond motifs is 5. The number of H-pyrrole nitrogens is 1. The van der Waals surface area contributed by atoms with Gasteiger partial charge in [-0.2, -0.15) is 4.39 Å². The molecule has 37 heavy (non-hydrogen) atoms. The van der Waals surface area contributed by atoms with E-state index in [2.05, 4.69) is 19.1 Å². The Balaban J connectivity index is 0.000000188. The molecule has 2 saturated carbocycles. The SMILES string of the molecule is CC(=O)Oc1ccc2c(c1)CC[C@@H]1[C@@H]2CC[C@]2(C)CCC[C@@H]12.O=C(O)CCCn1cc(F)c(=O)[nH]c1=O. The molecule has 4 atom stereocenters. The van der Waals surface area contributed by atoms with Gasteiger partial charge in [0, 0.05) is 19.9 Å². The van der Waals surface area contributed by atoms with Crippen LogP contribution in [0.5, 0.6) is 5.75 Å². The van der Waals surface area contributed by atoms with Crippen molar-refractivity contribution in [3.8, 4) is 5.75 Å². The van der Waals surface area contributed by atoms with Crippen LogP contribution in [-0.4, -0.2) is 26.6 Å². The first-order chi connectivity index (χ1) is 17.6. The Morgan fingerprint density at radius 2 is 2.00 bits per heavy atom. The highest BCUT2D eigenvalue weighted by molar-refractivity contribution is 5.69. The van der Waals surface area contributed by atoms with E-state index in [0.29, 0.717) is 11.2 Å². The van der Waals surface area contributed by atoms with Crippen LogP contribution >= 0.6 is 0 Å². The first-order valence-corrected chi connectivity index (χ1v) is 13.1. The second kappa shape index (κ2) is 11.0. The number of aromatic amines is 1. The number of nitrogens with one attached hydrogen (secondary N) is 1. The minimum atomic E-state index is -1.07. The van der Waals surface area contributed by atoms with Crippen LogP contribution in [0.2, 0.25) is 0 Å². The van der Waals surface area contributed by atoms with Crippen LogP contribution in [0.3, 0.4) is 0 Å². The van der Waals surface area contributed by atoms with Gasteiger partial charge in [-0.1, -0.05) is 19.4 Å². The summed E-state index contributed by atoms with van der Waals surface area (Å²) in [7, 11) is 0. The summed E-state index contributed by atoms with van der Waals surface area (Å²) in [6, 6.07) is 6.34. The summed E-state index contributed by atoms with van der Waals surface area (Å²) in [5, 5.41) is 8.34. The maximum Gasteiger partial charge on any atom is 0.328 e. The third-order valence-electron chi connectivity index (χ3n) is 8.50. The molecule has 0 bridgehead atoms. The van der Waals surface area contributed by atoms with Gasteiger partial charge in [0.15, 0.2) is 0 Å². The molecule has 0 radical (unpaired) electrons. The number of carbonyl (C=O) groups is 2. The lowest BCUT2D eigenvalue weighted by Gasteiger charge is -2.49. The zero-order chi connectivity index (χ0) is 26.7. The smallest absolute Gasteiger partial charge is 0.328 e. The summed E-state index contributed by atoms with van der Waals surface area (Å²) in [6.07, 6.45) is 10.4. The lowest BCUT2D eigenvalue weighted by molar-refractivity contribution is -0.137. The molecule has 2 fully saturated rings. The molecule has 3 aliphatic carbocycles. The molecule has 9 heteroatoms. The van der Waals surface area contributed by atoms with Crippen LogP contribution in [-0.2, 0) is 22.6 Å². The summed E-state index contributed by atoms with van der Waals surface area (Å²) in [6.45, 7) is 4.07. The van der Waals surface area contributed by atoms with E-state index in [1.165, 1.54) is 51.0 Å². The Hall–Kier alpha value is -3.23. The van der Waals surface area contributed by atoms with Gasteiger partial charge in [-0.15, -0.1) is 0 Å². The number of benzene rings is 1. The largest absolute Gasteiger partial charge is 0.481 e. The van der Waals surface area contributed by atoms with Crippen LogP contribution in [0.25, 0.3) is 0 Å². The molecule has 0 saturated heterocycles. The fourth-order valence-electron chi connectivity index (χ4n) is 6.83. The van der Waals surface area contributed by atoms with Gasteiger partial charge in [0.2, 0.25) is 5.82 Å². The number of halogens is 1. The van der Waals surface area contributed by atoms with E-state index in [1.54, 1.807) is 10.5 Å². The topological polar surface area (TPSA) is 118 Å². The molecule has 5 rings (SSSR count). The second-order valence-electron chi connectivity index (χ2n) is 10.9. The fourth-order valence-corrected chi connectivity index (χ4v) is 6.83. The van der Waals surface area contributed by atoms with Gasteiger partial charge in [0.25, 0.3) is 5.56 Å². The minimum Gasteiger partial charge on any atom is -0.481 e. The van der Waals surface area contributed by atoms with Gasteiger partial charge in [0.05, 0.1) is 6.20 Å². The number of carbonyl (C=O) groups excluding carboxylic acids is 1. The molecular weight excluding hydrogens is 479 g/mol. The molecule has 1 aromatic carbocycles. The molecule has 200 valence electrons. The van der Waals surface area contributed by atoms with Gasteiger partial charge >= 0.3 is 17.6 Å². The van der Waals surface area contributed by atoms with Crippen molar-refractivity contribution < 1.29 is 23.8 Å². The van der Waals surface area contributed by atoms with Crippen molar-refractivity contribution in [1.82, 2.24) is 9.55 Å². The number of nitrogens with zero attached hydrogens (tertiary/aromatic N) is 1. The third-order valence-corrected chi connectivity index (χ3v) is 8.50. The Morgan fingerprint density at radius 3 is 2.73 bits per heavy atom. The van der Waals surface area contributed by atoms with Crippen LogP contribution < -0.4 is 16.0 Å². The van der Waals surface area contributed by atoms with Crippen molar-refractivity contribution in [1.29, 1.82) is 0 Å². The summed E-state index contributed by atoms with van der Waals surface area (Å²) in [5.41, 5.74) is 1.76. The standard InChI is InChI=1S/C20H26O2.C8H9FN2O4/c1-13(21)22-15-6-8-16-14(12-15)5-7-18-17(16)9-11-20(2)10-3-4-19(18)20;9-5-4-11(3-1-2-6(12)13)8(15)10-7(5)14/h6,8,12,17-19H,3-5,7,9-11H2,1-2H3;4H,1-3H2,(H,12,13)(H,10,14,15)/t17-,18-,19+,20+;/m1./s1. The molecule has 3 aliphatic rings. The first-order valence-electron chi connectivity index (χ1n) is 13.1. The van der Waals surface area contributed by atoms with Gasteiger partial charge in [0.1, 0.15) is 5.75 Å². The zero-order valence-corrected chi connectivity index (χ0v) is 21.4. The van der Waals surface area contributed by atoms with Crippen LogP contribution in [0.4, 0.5) is 4.39 Å². The number of esters is 1. The van der Waals surface area contributed by atoms with E-state index in [9.17, 15) is 23.6 Å². The highest BCUT2D eigenvalue weighted by Gasteiger charge is 2.50. The van der Waals surface area contributed by atoms with E-state index in [4.69, 9.17) is 9.84 Å². The average molecular weight is 515 g/mol. The molecule has 8 nitrogen and oxygen atoms in total. The second-order valence-corrected chi connectivity index (χ2v) is 10.9. The molecule has 1 heterocycles. The van der Waals surface area contributed by atoms with E-state index in [0.717, 1.165) is 34.9 Å². The van der Waals surface area contributed by atoms with E-state index >= 15 is 0 Å². The predicted molar refractivity (Wildman–Crippen MR) is 135 cm³/mol. The number of aliphatic carboxylic acids is 1. The molecule has 0 amide bonds. The molecule has 0 spiro atoms. The van der Waals surface area contributed by atoms with Crippen molar-refractivity contribution in [2.45, 2.75) is 84.1 Å². The van der Waals surface area contributed by atoms with Gasteiger partial charge in [-0.05, 0) is 91.4 Å². The van der Waals surface area contributed by atoms with Crippen LogP contribution in [0.15, 0.2) is 34.0 Å². The first kappa shape index (κ1) is 26.8. The number of rotatable bonds is 5. The quantitative estimate of drug-likeness (QED) is 0.451. The van der Waals surface area contributed by atoms with Crippen molar-refractivity contribution in [2.75, 3.05) is 0 Å².